The van der Waals surface area contributed by atoms with E-state index in [0.29, 0.717) is 17.6 Å². The molecule has 3 nitrogen and oxygen atoms in total. The monoisotopic (exact) mass is 312 g/mol. The molecule has 0 bridgehead atoms. The number of rotatable bonds is 0. The Kier molecular flexibility index (Phi) is 2.82. The first-order chi connectivity index (χ1) is 11.1. The van der Waals surface area contributed by atoms with Gasteiger partial charge < -0.3 is 14.6 Å². The Morgan fingerprint density at radius 1 is 1.17 bits per heavy atom. The summed E-state index contributed by atoms with van der Waals surface area (Å²) in [7, 11) is 0. The van der Waals surface area contributed by atoms with Gasteiger partial charge in [0.05, 0.1) is 13.2 Å². The van der Waals surface area contributed by atoms with E-state index < -0.39 is 0 Å². The summed E-state index contributed by atoms with van der Waals surface area (Å²) in [6.45, 7) is 3.87. The van der Waals surface area contributed by atoms with Gasteiger partial charge in [0.1, 0.15) is 5.75 Å². The van der Waals surface area contributed by atoms with Gasteiger partial charge in [0.2, 0.25) is 0 Å². The summed E-state index contributed by atoms with van der Waals surface area (Å²) >= 11 is 0. The third kappa shape index (κ3) is 1.72. The lowest BCUT2D eigenvalue weighted by molar-refractivity contribution is -0.226. The van der Waals surface area contributed by atoms with Gasteiger partial charge in [-0.15, -0.1) is 0 Å². The van der Waals surface area contributed by atoms with Gasteiger partial charge >= 0.3 is 0 Å². The zero-order valence-electron chi connectivity index (χ0n) is 13.7. The van der Waals surface area contributed by atoms with Crippen LogP contribution in [0.3, 0.4) is 0 Å². The molecule has 1 saturated heterocycles. The van der Waals surface area contributed by atoms with Crippen LogP contribution >= 0.6 is 0 Å². The zero-order valence-corrected chi connectivity index (χ0v) is 13.7. The maximum Gasteiger partial charge on any atom is 0.174 e. The minimum Gasteiger partial charge on any atom is -0.508 e. The van der Waals surface area contributed by atoms with Gasteiger partial charge in [-0.05, 0) is 66.4 Å². The molecule has 3 heteroatoms. The molecule has 0 unspecified atom stereocenters. The Balaban J connectivity index is 1.58. The number of phenolic OH excluding ortho intramolecular Hbond substituents is 1. The van der Waals surface area contributed by atoms with Crippen LogP contribution in [0.25, 0.3) is 5.57 Å². The zero-order chi connectivity index (χ0) is 15.7. The van der Waals surface area contributed by atoms with Gasteiger partial charge in [0.15, 0.2) is 5.79 Å². The summed E-state index contributed by atoms with van der Waals surface area (Å²) in [6, 6.07) is 5.88. The summed E-state index contributed by atoms with van der Waals surface area (Å²) in [5.41, 5.74) is 4.27. The summed E-state index contributed by atoms with van der Waals surface area (Å²) < 4.78 is 12.3. The van der Waals surface area contributed by atoms with Crippen LogP contribution in [-0.4, -0.2) is 24.1 Å². The SMILES string of the molecule is C[C@]12CC=C3c4ccc(O)cc4CC[C@H]3[C@@H]1CCC21OCCO1. The van der Waals surface area contributed by atoms with E-state index in [1.54, 1.807) is 0 Å². The van der Waals surface area contributed by atoms with Crippen molar-refractivity contribution in [1.29, 1.82) is 0 Å². The molecular formula is C20H24O3. The van der Waals surface area contributed by atoms with Crippen molar-refractivity contribution in [2.24, 2.45) is 17.3 Å². The van der Waals surface area contributed by atoms with E-state index >= 15 is 0 Å². The highest BCUT2D eigenvalue weighted by atomic mass is 16.7. The normalized spacial score (nSPS) is 37.2. The molecule has 1 aliphatic heterocycles. The molecule has 3 aliphatic carbocycles. The molecule has 122 valence electrons. The fraction of sp³-hybridized carbons (Fsp3) is 0.600. The van der Waals surface area contributed by atoms with Crippen LogP contribution in [-0.2, 0) is 15.9 Å². The molecule has 1 N–H and O–H groups in total. The van der Waals surface area contributed by atoms with Gasteiger partial charge in [-0.25, -0.2) is 0 Å². The number of fused-ring (bicyclic) bond motifs is 6. The second kappa shape index (κ2) is 4.61. The van der Waals surface area contributed by atoms with Crippen LogP contribution < -0.4 is 0 Å². The fourth-order valence-electron chi connectivity index (χ4n) is 5.85. The van der Waals surface area contributed by atoms with Crippen LogP contribution in [0.1, 0.15) is 43.7 Å². The summed E-state index contributed by atoms with van der Waals surface area (Å²) in [5.74, 6) is 1.30. The first-order valence-corrected chi connectivity index (χ1v) is 8.93. The lowest BCUT2D eigenvalue weighted by Gasteiger charge is -2.49. The van der Waals surface area contributed by atoms with Crippen LogP contribution in [0, 0.1) is 17.3 Å². The van der Waals surface area contributed by atoms with Crippen molar-refractivity contribution in [3.63, 3.8) is 0 Å². The topological polar surface area (TPSA) is 38.7 Å². The van der Waals surface area contributed by atoms with E-state index in [1.807, 2.05) is 12.1 Å². The highest BCUT2D eigenvalue weighted by Gasteiger charge is 2.63. The molecule has 1 heterocycles. The van der Waals surface area contributed by atoms with E-state index in [4.69, 9.17) is 9.47 Å². The van der Waals surface area contributed by atoms with E-state index in [0.717, 1.165) is 32.5 Å². The molecule has 1 saturated carbocycles. The largest absolute Gasteiger partial charge is 0.508 e. The number of aryl methyl sites for hydroxylation is 1. The molecule has 2 fully saturated rings. The third-order valence-corrected chi connectivity index (χ3v) is 6.98. The third-order valence-electron chi connectivity index (χ3n) is 6.98. The standard InChI is InChI=1S/C20H24O3/c1-19-8-6-16-15-5-3-14(21)12-13(15)2-4-17(16)18(19)7-9-20(19)22-10-11-23-20/h3,5-6,12,17-18,21H,2,4,7-11H2,1H3/t17-,18+,19+/m1/s1. The van der Waals surface area contributed by atoms with Crippen molar-refractivity contribution in [3.05, 3.63) is 35.4 Å². The molecule has 5 rings (SSSR count). The van der Waals surface area contributed by atoms with Gasteiger partial charge in [0.25, 0.3) is 0 Å². The van der Waals surface area contributed by atoms with Crippen LogP contribution in [0.2, 0.25) is 0 Å². The molecule has 0 radical (unpaired) electrons. The molecule has 3 atom stereocenters. The summed E-state index contributed by atoms with van der Waals surface area (Å²) in [5, 5.41) is 9.76. The van der Waals surface area contributed by atoms with Crippen LogP contribution in [0.5, 0.6) is 5.75 Å². The number of benzene rings is 1. The highest BCUT2D eigenvalue weighted by molar-refractivity contribution is 5.73. The minimum absolute atomic E-state index is 0.103. The Morgan fingerprint density at radius 2 is 2.00 bits per heavy atom. The predicted octanol–water partition coefficient (Wildman–Crippen LogP) is 3.90. The highest BCUT2D eigenvalue weighted by Crippen LogP contribution is 2.64. The van der Waals surface area contributed by atoms with Gasteiger partial charge in [-0.3, -0.25) is 0 Å². The van der Waals surface area contributed by atoms with Crippen molar-refractivity contribution >= 4 is 5.57 Å². The molecule has 0 amide bonds. The van der Waals surface area contributed by atoms with Crippen LogP contribution in [0.4, 0.5) is 0 Å². The number of aromatic hydroxyl groups is 1. The minimum atomic E-state index is -0.338. The van der Waals surface area contributed by atoms with E-state index in [9.17, 15) is 5.11 Å². The van der Waals surface area contributed by atoms with Crippen molar-refractivity contribution in [1.82, 2.24) is 0 Å². The van der Waals surface area contributed by atoms with E-state index in [2.05, 4.69) is 19.1 Å². The van der Waals surface area contributed by atoms with E-state index in [-0.39, 0.29) is 11.2 Å². The number of allylic oxidation sites excluding steroid dienone is 2. The van der Waals surface area contributed by atoms with Crippen molar-refractivity contribution < 1.29 is 14.6 Å². The van der Waals surface area contributed by atoms with E-state index in [1.165, 1.54) is 29.5 Å². The van der Waals surface area contributed by atoms with Gasteiger partial charge in [-0.2, -0.15) is 0 Å². The fourth-order valence-corrected chi connectivity index (χ4v) is 5.85. The maximum absolute atomic E-state index is 9.76. The molecule has 0 aromatic heterocycles. The Labute approximate surface area is 137 Å². The number of phenols is 1. The number of ether oxygens (including phenoxy) is 2. The average Bonchev–Trinajstić information content (AvgIpc) is 3.14. The van der Waals surface area contributed by atoms with Crippen molar-refractivity contribution in [2.45, 2.75) is 44.8 Å². The Hall–Kier alpha value is -1.32. The molecule has 1 spiro atoms. The quantitative estimate of drug-likeness (QED) is 0.789. The van der Waals surface area contributed by atoms with Gasteiger partial charge in [0, 0.05) is 11.8 Å². The van der Waals surface area contributed by atoms with Crippen molar-refractivity contribution in [3.8, 4) is 5.75 Å². The molecule has 4 aliphatic rings. The molecule has 1 aromatic carbocycles. The first-order valence-electron chi connectivity index (χ1n) is 8.93. The smallest absolute Gasteiger partial charge is 0.174 e. The average molecular weight is 312 g/mol. The Morgan fingerprint density at radius 3 is 2.83 bits per heavy atom. The second-order valence-corrected chi connectivity index (χ2v) is 7.86. The first kappa shape index (κ1) is 14.1. The lowest BCUT2D eigenvalue weighted by atomic mass is 9.59. The predicted molar refractivity (Wildman–Crippen MR) is 88.0 cm³/mol. The summed E-state index contributed by atoms with van der Waals surface area (Å²) in [6.07, 6.45) is 7.95. The van der Waals surface area contributed by atoms with Crippen LogP contribution in [0.15, 0.2) is 24.3 Å². The molecular weight excluding hydrogens is 288 g/mol. The Bertz CT molecular complexity index is 686. The number of hydrogen-bond donors (Lipinski definition) is 1. The maximum atomic E-state index is 9.76. The molecule has 23 heavy (non-hydrogen) atoms. The second-order valence-electron chi connectivity index (χ2n) is 7.86. The molecule has 1 aromatic rings. The van der Waals surface area contributed by atoms with Gasteiger partial charge in [-0.1, -0.05) is 19.1 Å². The van der Waals surface area contributed by atoms with Crippen molar-refractivity contribution in [2.75, 3.05) is 13.2 Å². The summed E-state index contributed by atoms with van der Waals surface area (Å²) in [4.78, 5) is 0. The number of hydrogen-bond acceptors (Lipinski definition) is 3. The lowest BCUT2D eigenvalue weighted by Crippen LogP contribution is -2.49.